The van der Waals surface area contributed by atoms with Gasteiger partial charge in [-0.2, -0.15) is 4.98 Å². The van der Waals surface area contributed by atoms with Crippen LogP contribution in [-0.4, -0.2) is 31.1 Å². The molecule has 0 bridgehead atoms. The Morgan fingerprint density at radius 1 is 1.24 bits per heavy atom. The lowest BCUT2D eigenvalue weighted by atomic mass is 10.2. The van der Waals surface area contributed by atoms with Gasteiger partial charge in [-0.1, -0.05) is 67.1 Å². The molecule has 0 unspecified atom stereocenters. The second-order valence-corrected chi connectivity index (χ2v) is 10.4. The van der Waals surface area contributed by atoms with E-state index in [-0.39, 0.29) is 39.6 Å². The topological polar surface area (TPSA) is 63.9 Å². The number of carbonyl (C=O) groups excluding carboxylic acids is 1. The smallest absolute Gasteiger partial charge is 0.269 e. The third-order valence-corrected chi connectivity index (χ3v) is 6.75. The van der Waals surface area contributed by atoms with E-state index >= 15 is 0 Å². The van der Waals surface area contributed by atoms with E-state index in [1.165, 1.54) is 16.5 Å². The summed E-state index contributed by atoms with van der Waals surface area (Å²) >= 11 is 18.8. The predicted octanol–water partition coefficient (Wildman–Crippen LogP) is 5.96. The number of benzene rings is 1. The average molecular weight is 520 g/mol. The number of nitrogens with zero attached hydrogens (tertiary/aromatic N) is 3. The van der Waals surface area contributed by atoms with Crippen LogP contribution in [0.3, 0.4) is 0 Å². The van der Waals surface area contributed by atoms with Crippen LogP contribution in [0.4, 0.5) is 0 Å². The summed E-state index contributed by atoms with van der Waals surface area (Å²) in [5.41, 5.74) is 0.968. The molecule has 0 atom stereocenters. The molecule has 10 heteroatoms. The van der Waals surface area contributed by atoms with Crippen LogP contribution >= 0.6 is 47.2 Å². The molecule has 0 saturated carbocycles. The van der Waals surface area contributed by atoms with Crippen LogP contribution in [0.15, 0.2) is 46.2 Å². The summed E-state index contributed by atoms with van der Waals surface area (Å²) in [6, 6.07) is 8.36. The molecule has 0 N–H and O–H groups in total. The second-order valence-electron chi connectivity index (χ2n) is 7.88. The van der Waals surface area contributed by atoms with Crippen LogP contribution in [-0.2, 0) is 4.79 Å². The molecule has 4 rings (SSSR count). The number of carbonyl (C=O) groups is 1. The quantitative estimate of drug-likeness (QED) is 0.306. The van der Waals surface area contributed by atoms with E-state index in [0.29, 0.717) is 26.4 Å². The highest BCUT2D eigenvalue weighted by atomic mass is 35.5. The van der Waals surface area contributed by atoms with Gasteiger partial charge in [-0.05, 0) is 48.7 Å². The number of amides is 1. The highest BCUT2D eigenvalue weighted by Crippen LogP contribution is 2.36. The molecule has 3 aromatic rings. The summed E-state index contributed by atoms with van der Waals surface area (Å²) in [5, 5.41) is 0.715. The number of aromatic nitrogens is 2. The predicted molar refractivity (Wildman–Crippen MR) is 137 cm³/mol. The maximum Gasteiger partial charge on any atom is 0.269 e. The van der Waals surface area contributed by atoms with Crippen molar-refractivity contribution in [3.05, 3.63) is 73.0 Å². The molecule has 2 aromatic heterocycles. The Hall–Kier alpha value is -2.39. The van der Waals surface area contributed by atoms with E-state index < -0.39 is 0 Å². The monoisotopic (exact) mass is 519 g/mol. The van der Waals surface area contributed by atoms with Crippen LogP contribution in [0.5, 0.6) is 11.6 Å². The maximum atomic E-state index is 13.4. The van der Waals surface area contributed by atoms with Crippen molar-refractivity contribution < 1.29 is 9.53 Å². The first-order valence-corrected chi connectivity index (χ1v) is 12.0. The summed E-state index contributed by atoms with van der Waals surface area (Å²) in [7, 11) is 0. The van der Waals surface area contributed by atoms with Crippen LogP contribution in [0.25, 0.3) is 11.7 Å². The Labute approximate surface area is 210 Å². The zero-order valence-electron chi connectivity index (χ0n) is 18.0. The van der Waals surface area contributed by atoms with Gasteiger partial charge in [0.05, 0.1) is 9.93 Å². The summed E-state index contributed by atoms with van der Waals surface area (Å²) < 4.78 is 7.85. The highest BCUT2D eigenvalue weighted by Gasteiger charge is 2.33. The van der Waals surface area contributed by atoms with Crippen molar-refractivity contribution in [1.29, 1.82) is 0 Å². The molecule has 1 amide bonds. The van der Waals surface area contributed by atoms with Crippen LogP contribution < -0.4 is 10.3 Å². The standard InChI is InChI=1S/C23H19Cl2N3O3S2/c1-12(2)11-28-22(30)18(33-23(28)32)10-15-20(31-17-7-6-14(24)9-16(17)25)26-19-13(3)5-4-8-27(19)21(15)29/h4-10,12H,11H2,1-3H3/b18-10+. The Morgan fingerprint density at radius 2 is 2.00 bits per heavy atom. The number of aryl methyl sites for hydroxylation is 1. The summed E-state index contributed by atoms with van der Waals surface area (Å²) in [6.07, 6.45) is 3.11. The van der Waals surface area contributed by atoms with E-state index in [9.17, 15) is 9.59 Å². The Balaban J connectivity index is 1.88. The molecule has 3 heterocycles. The molecular formula is C23H19Cl2N3O3S2. The first-order chi connectivity index (χ1) is 15.7. The first-order valence-electron chi connectivity index (χ1n) is 10.1. The van der Waals surface area contributed by atoms with Gasteiger partial charge in [-0.25, -0.2) is 0 Å². The molecule has 0 radical (unpaired) electrons. The summed E-state index contributed by atoms with van der Waals surface area (Å²) in [4.78, 5) is 32.9. The number of hydrogen-bond donors (Lipinski definition) is 0. The zero-order chi connectivity index (χ0) is 23.9. The van der Waals surface area contributed by atoms with E-state index in [4.69, 9.17) is 40.2 Å². The fourth-order valence-electron chi connectivity index (χ4n) is 3.31. The number of thioether (sulfide) groups is 1. The molecule has 33 heavy (non-hydrogen) atoms. The second kappa shape index (κ2) is 9.46. The molecule has 0 aliphatic carbocycles. The number of fused-ring (bicyclic) bond motifs is 1. The van der Waals surface area contributed by atoms with Gasteiger partial charge in [0.1, 0.15) is 21.3 Å². The minimum atomic E-state index is -0.377. The Kier molecular flexibility index (Phi) is 6.81. The lowest BCUT2D eigenvalue weighted by Crippen LogP contribution is -2.31. The number of thiocarbonyl (C=S) groups is 1. The number of pyridine rings is 1. The summed E-state index contributed by atoms with van der Waals surface area (Å²) in [6.45, 7) is 6.36. The van der Waals surface area contributed by atoms with Gasteiger partial charge >= 0.3 is 0 Å². The van der Waals surface area contributed by atoms with Gasteiger partial charge in [0, 0.05) is 17.8 Å². The van der Waals surface area contributed by atoms with Crippen molar-refractivity contribution in [2.24, 2.45) is 5.92 Å². The van der Waals surface area contributed by atoms with Gasteiger partial charge in [-0.3, -0.25) is 18.9 Å². The molecule has 1 aromatic carbocycles. The molecule has 1 aliphatic heterocycles. The Bertz CT molecular complexity index is 1390. The fourth-order valence-corrected chi connectivity index (χ4v) is 5.01. The fraction of sp³-hybridized carbons (Fsp3) is 0.217. The van der Waals surface area contributed by atoms with Crippen molar-refractivity contribution in [2.75, 3.05) is 6.54 Å². The highest BCUT2D eigenvalue weighted by molar-refractivity contribution is 8.26. The van der Waals surface area contributed by atoms with Gasteiger partial charge < -0.3 is 4.74 Å². The molecule has 1 fully saturated rings. The zero-order valence-corrected chi connectivity index (χ0v) is 21.1. The van der Waals surface area contributed by atoms with Crippen LogP contribution in [0.1, 0.15) is 25.0 Å². The van der Waals surface area contributed by atoms with E-state index in [0.717, 1.165) is 17.3 Å². The van der Waals surface area contributed by atoms with Crippen LogP contribution in [0, 0.1) is 12.8 Å². The molecular weight excluding hydrogens is 501 g/mol. The molecule has 1 saturated heterocycles. The number of halogens is 2. The number of rotatable bonds is 5. The van der Waals surface area contributed by atoms with E-state index in [1.54, 1.807) is 29.3 Å². The van der Waals surface area contributed by atoms with E-state index in [1.807, 2.05) is 26.8 Å². The lowest BCUT2D eigenvalue weighted by Gasteiger charge is -2.16. The normalized spacial score (nSPS) is 15.3. The van der Waals surface area contributed by atoms with Crippen LogP contribution in [0.2, 0.25) is 10.0 Å². The van der Waals surface area contributed by atoms with E-state index in [2.05, 4.69) is 4.98 Å². The molecule has 6 nitrogen and oxygen atoms in total. The minimum Gasteiger partial charge on any atom is -0.437 e. The van der Waals surface area contributed by atoms with Gasteiger partial charge in [0.25, 0.3) is 11.5 Å². The first kappa shape index (κ1) is 23.8. The van der Waals surface area contributed by atoms with Crippen molar-refractivity contribution in [2.45, 2.75) is 20.8 Å². The van der Waals surface area contributed by atoms with Gasteiger partial charge in [0.2, 0.25) is 5.88 Å². The minimum absolute atomic E-state index is 0.0349. The lowest BCUT2D eigenvalue weighted by molar-refractivity contribution is -0.122. The largest absolute Gasteiger partial charge is 0.437 e. The van der Waals surface area contributed by atoms with Gasteiger partial charge in [0.15, 0.2) is 0 Å². The number of hydrogen-bond acceptors (Lipinski definition) is 6. The van der Waals surface area contributed by atoms with Crippen molar-refractivity contribution >= 4 is 69.1 Å². The third kappa shape index (κ3) is 4.80. The molecule has 1 aliphatic rings. The maximum absolute atomic E-state index is 13.4. The SMILES string of the molecule is Cc1cccn2c(=O)c(/C=C3/SC(=S)N(CC(C)C)C3=O)c(Oc3ccc(Cl)cc3Cl)nc12. The van der Waals surface area contributed by atoms with Crippen molar-refractivity contribution in [1.82, 2.24) is 14.3 Å². The average Bonchev–Trinajstić information content (AvgIpc) is 3.00. The van der Waals surface area contributed by atoms with Crippen molar-refractivity contribution in [3.8, 4) is 11.6 Å². The summed E-state index contributed by atoms with van der Waals surface area (Å²) in [5.74, 6) is 0.317. The molecule has 0 spiro atoms. The van der Waals surface area contributed by atoms with Gasteiger partial charge in [-0.15, -0.1) is 0 Å². The third-order valence-electron chi connectivity index (χ3n) is 4.85. The number of ether oxygens (including phenoxy) is 1. The van der Waals surface area contributed by atoms with Crippen molar-refractivity contribution in [3.63, 3.8) is 0 Å². The Morgan fingerprint density at radius 3 is 2.70 bits per heavy atom. The molecule has 170 valence electrons.